The summed E-state index contributed by atoms with van der Waals surface area (Å²) in [5.41, 5.74) is 2.49. The number of hydrogen-bond acceptors (Lipinski definition) is 5. The van der Waals surface area contributed by atoms with Crippen LogP contribution in [0.25, 0.3) is 11.0 Å². The number of amides is 2. The zero-order valence-corrected chi connectivity index (χ0v) is 18.6. The second-order valence-corrected chi connectivity index (χ2v) is 8.12. The molecule has 1 saturated heterocycles. The largest absolute Gasteiger partial charge is 0.484 e. The monoisotopic (exact) mass is 455 g/mol. The maximum Gasteiger partial charge on any atom is 0.289 e. The summed E-state index contributed by atoms with van der Waals surface area (Å²) in [6.45, 7) is 2.63. The average Bonchev–Trinajstić information content (AvgIpc) is 3.33. The van der Waals surface area contributed by atoms with Crippen LogP contribution in [0.1, 0.15) is 10.6 Å². The van der Waals surface area contributed by atoms with Crippen molar-refractivity contribution in [3.05, 3.63) is 90.7 Å². The van der Waals surface area contributed by atoms with Gasteiger partial charge in [0.2, 0.25) is 0 Å². The van der Waals surface area contributed by atoms with Gasteiger partial charge < -0.3 is 24.3 Å². The van der Waals surface area contributed by atoms with Gasteiger partial charge in [0.25, 0.3) is 11.8 Å². The number of nitrogens with zero attached hydrogens (tertiary/aromatic N) is 2. The zero-order valence-electron chi connectivity index (χ0n) is 18.6. The summed E-state index contributed by atoms with van der Waals surface area (Å²) in [6, 6.07) is 26.4. The molecular formula is C27H25N3O4. The van der Waals surface area contributed by atoms with Crippen molar-refractivity contribution in [2.75, 3.05) is 43.0 Å². The molecule has 7 nitrogen and oxygen atoms in total. The molecule has 0 radical (unpaired) electrons. The third-order valence-corrected chi connectivity index (χ3v) is 5.83. The Balaban J connectivity index is 1.12. The molecular weight excluding hydrogens is 430 g/mol. The molecule has 2 amide bonds. The summed E-state index contributed by atoms with van der Waals surface area (Å²) in [7, 11) is 0. The number of carbonyl (C=O) groups is 2. The summed E-state index contributed by atoms with van der Waals surface area (Å²) in [5, 5.41) is 3.78. The summed E-state index contributed by atoms with van der Waals surface area (Å²) in [6.07, 6.45) is 0. The molecule has 1 N–H and O–H groups in total. The van der Waals surface area contributed by atoms with Crippen molar-refractivity contribution in [3.63, 3.8) is 0 Å². The molecule has 3 aromatic carbocycles. The van der Waals surface area contributed by atoms with Crippen LogP contribution in [0.5, 0.6) is 5.75 Å². The van der Waals surface area contributed by atoms with Gasteiger partial charge in [0, 0.05) is 42.9 Å². The smallest absolute Gasteiger partial charge is 0.289 e. The summed E-state index contributed by atoms with van der Waals surface area (Å²) in [5.74, 6) is 0.748. The Hall–Kier alpha value is -4.26. The lowest BCUT2D eigenvalue weighted by Crippen LogP contribution is -2.48. The Bertz CT molecular complexity index is 1240. The molecule has 172 valence electrons. The highest BCUT2D eigenvalue weighted by Crippen LogP contribution is 2.23. The number of carbonyl (C=O) groups excluding carboxylic acids is 2. The van der Waals surface area contributed by atoms with Crippen LogP contribution in [0.2, 0.25) is 0 Å². The average molecular weight is 456 g/mol. The first-order chi connectivity index (χ1) is 16.7. The molecule has 0 bridgehead atoms. The van der Waals surface area contributed by atoms with Gasteiger partial charge in [-0.3, -0.25) is 9.59 Å². The van der Waals surface area contributed by atoms with Gasteiger partial charge in [0.05, 0.1) is 0 Å². The first-order valence-electron chi connectivity index (χ1n) is 11.3. The Kier molecular flexibility index (Phi) is 6.16. The first-order valence-corrected chi connectivity index (χ1v) is 11.3. The Morgan fingerprint density at radius 1 is 0.853 bits per heavy atom. The van der Waals surface area contributed by atoms with Gasteiger partial charge in [-0.1, -0.05) is 36.4 Å². The van der Waals surface area contributed by atoms with Crippen LogP contribution in [0.3, 0.4) is 0 Å². The van der Waals surface area contributed by atoms with Crippen molar-refractivity contribution < 1.29 is 18.7 Å². The zero-order chi connectivity index (χ0) is 23.3. The number of ether oxygens (including phenoxy) is 1. The van der Waals surface area contributed by atoms with Crippen LogP contribution >= 0.6 is 0 Å². The molecule has 1 fully saturated rings. The van der Waals surface area contributed by atoms with Crippen LogP contribution in [0.4, 0.5) is 11.4 Å². The Labute approximate surface area is 197 Å². The molecule has 7 heteroatoms. The molecule has 2 heterocycles. The third kappa shape index (κ3) is 4.88. The van der Waals surface area contributed by atoms with E-state index in [2.05, 4.69) is 10.2 Å². The lowest BCUT2D eigenvalue weighted by atomic mass is 10.2. The fraction of sp³-hybridized carbons (Fsp3) is 0.185. The highest BCUT2D eigenvalue weighted by atomic mass is 16.5. The van der Waals surface area contributed by atoms with Gasteiger partial charge in [-0.25, -0.2) is 0 Å². The SMILES string of the molecule is O=C(COc1ccccc1)Nc1ccc(N2CCN(C(=O)c3cc4ccccc4o3)CC2)cc1. The number of benzene rings is 3. The van der Waals surface area contributed by atoms with Crippen LogP contribution in [0, 0.1) is 0 Å². The molecule has 0 aliphatic carbocycles. The highest BCUT2D eigenvalue weighted by molar-refractivity contribution is 5.96. The van der Waals surface area contributed by atoms with Crippen molar-refractivity contribution >= 4 is 34.2 Å². The van der Waals surface area contributed by atoms with E-state index in [4.69, 9.17) is 9.15 Å². The van der Waals surface area contributed by atoms with E-state index in [0.29, 0.717) is 30.3 Å². The van der Waals surface area contributed by atoms with Gasteiger partial charge in [0.15, 0.2) is 12.4 Å². The number of nitrogens with one attached hydrogen (secondary N) is 1. The van der Waals surface area contributed by atoms with Crippen molar-refractivity contribution in [2.24, 2.45) is 0 Å². The normalized spacial score (nSPS) is 13.6. The minimum absolute atomic E-state index is 0.0486. The predicted octanol–water partition coefficient (Wildman–Crippen LogP) is 4.41. The van der Waals surface area contributed by atoms with E-state index in [1.807, 2.05) is 89.8 Å². The number of furan rings is 1. The standard InChI is InChI=1S/C27H25N3O4/c31-26(19-33-23-7-2-1-3-8-23)28-21-10-12-22(13-11-21)29-14-16-30(17-15-29)27(32)25-18-20-6-4-5-9-24(20)34-25/h1-13,18H,14-17,19H2,(H,28,31). The van der Waals surface area contributed by atoms with Crippen LogP contribution < -0.4 is 15.0 Å². The minimum atomic E-state index is -0.214. The minimum Gasteiger partial charge on any atom is -0.484 e. The molecule has 5 rings (SSSR count). The van der Waals surface area contributed by atoms with E-state index >= 15 is 0 Å². The van der Waals surface area contributed by atoms with E-state index in [1.165, 1.54) is 0 Å². The number of rotatable bonds is 6. The quantitative estimate of drug-likeness (QED) is 0.466. The predicted molar refractivity (Wildman–Crippen MR) is 131 cm³/mol. The molecule has 0 atom stereocenters. The molecule has 1 aliphatic rings. The number of para-hydroxylation sites is 2. The lowest BCUT2D eigenvalue weighted by Gasteiger charge is -2.35. The highest BCUT2D eigenvalue weighted by Gasteiger charge is 2.24. The fourth-order valence-corrected chi connectivity index (χ4v) is 4.03. The summed E-state index contributed by atoms with van der Waals surface area (Å²) < 4.78 is 11.2. The van der Waals surface area contributed by atoms with E-state index in [0.717, 1.165) is 29.7 Å². The van der Waals surface area contributed by atoms with Crippen LogP contribution in [-0.4, -0.2) is 49.5 Å². The summed E-state index contributed by atoms with van der Waals surface area (Å²) >= 11 is 0. The topological polar surface area (TPSA) is 75.0 Å². The van der Waals surface area contributed by atoms with Crippen LogP contribution in [0.15, 0.2) is 89.3 Å². The van der Waals surface area contributed by atoms with Gasteiger partial charge in [0.1, 0.15) is 11.3 Å². The second-order valence-electron chi connectivity index (χ2n) is 8.12. The molecule has 34 heavy (non-hydrogen) atoms. The molecule has 4 aromatic rings. The molecule has 0 saturated carbocycles. The lowest BCUT2D eigenvalue weighted by molar-refractivity contribution is -0.118. The number of hydrogen-bond donors (Lipinski definition) is 1. The molecule has 0 spiro atoms. The van der Waals surface area contributed by atoms with Crippen LogP contribution in [-0.2, 0) is 4.79 Å². The third-order valence-electron chi connectivity index (χ3n) is 5.83. The fourth-order valence-electron chi connectivity index (χ4n) is 4.03. The maximum absolute atomic E-state index is 12.9. The van der Waals surface area contributed by atoms with Gasteiger partial charge in [-0.15, -0.1) is 0 Å². The van der Waals surface area contributed by atoms with Gasteiger partial charge >= 0.3 is 0 Å². The van der Waals surface area contributed by atoms with E-state index in [9.17, 15) is 9.59 Å². The number of fused-ring (bicyclic) bond motifs is 1. The van der Waals surface area contributed by atoms with Crippen molar-refractivity contribution in [2.45, 2.75) is 0 Å². The van der Waals surface area contributed by atoms with Gasteiger partial charge in [-0.2, -0.15) is 0 Å². The van der Waals surface area contributed by atoms with E-state index < -0.39 is 0 Å². The number of piperazine rings is 1. The van der Waals surface area contributed by atoms with Crippen molar-refractivity contribution in [3.8, 4) is 5.75 Å². The van der Waals surface area contributed by atoms with Gasteiger partial charge in [-0.05, 0) is 48.5 Å². The Morgan fingerprint density at radius 2 is 1.56 bits per heavy atom. The maximum atomic E-state index is 12.9. The molecule has 1 aliphatic heterocycles. The summed E-state index contributed by atoms with van der Waals surface area (Å²) in [4.78, 5) is 29.1. The van der Waals surface area contributed by atoms with Crippen molar-refractivity contribution in [1.29, 1.82) is 0 Å². The molecule has 1 aromatic heterocycles. The Morgan fingerprint density at radius 3 is 2.29 bits per heavy atom. The molecule has 0 unspecified atom stereocenters. The van der Waals surface area contributed by atoms with E-state index in [-0.39, 0.29) is 18.4 Å². The second kappa shape index (κ2) is 9.70. The first kappa shape index (κ1) is 21.6. The van der Waals surface area contributed by atoms with E-state index in [1.54, 1.807) is 0 Å². The van der Waals surface area contributed by atoms with Crippen molar-refractivity contribution in [1.82, 2.24) is 4.90 Å². The number of anilines is 2.